The fourth-order valence-corrected chi connectivity index (χ4v) is 4.17. The molecule has 1 aromatic heterocycles. The van der Waals surface area contributed by atoms with Gasteiger partial charge in [-0.05, 0) is 52.8 Å². The Morgan fingerprint density at radius 3 is 2.55 bits per heavy atom. The molecule has 29 heavy (non-hydrogen) atoms. The molecular formula is C23H20N2O3S. The minimum Gasteiger partial charge on any atom is -0.334 e. The third-order valence-corrected chi connectivity index (χ3v) is 5.83. The van der Waals surface area contributed by atoms with Crippen molar-refractivity contribution in [3.63, 3.8) is 0 Å². The largest absolute Gasteiger partial charge is 0.334 e. The molecule has 2 amide bonds. The van der Waals surface area contributed by atoms with Gasteiger partial charge in [0.05, 0.1) is 0 Å². The van der Waals surface area contributed by atoms with Crippen molar-refractivity contribution < 1.29 is 14.8 Å². The lowest BCUT2D eigenvalue weighted by Crippen LogP contribution is -2.36. The number of carbonyl (C=O) groups excluding carboxylic acids is 2. The van der Waals surface area contributed by atoms with Crippen molar-refractivity contribution in [2.75, 3.05) is 6.54 Å². The van der Waals surface area contributed by atoms with Gasteiger partial charge in [0.1, 0.15) is 0 Å². The number of hydrogen-bond donors (Lipinski definition) is 2. The minimum atomic E-state index is -0.557. The van der Waals surface area contributed by atoms with Crippen LogP contribution in [0.5, 0.6) is 0 Å². The number of rotatable bonds is 4. The van der Waals surface area contributed by atoms with Gasteiger partial charge in [-0.25, -0.2) is 5.48 Å². The summed E-state index contributed by atoms with van der Waals surface area (Å²) in [4.78, 5) is 28.0. The monoisotopic (exact) mass is 404 g/mol. The molecule has 0 radical (unpaired) electrons. The first-order valence-corrected chi connectivity index (χ1v) is 10.2. The molecule has 0 aliphatic carbocycles. The number of nitrogens with zero attached hydrogens (tertiary/aromatic N) is 1. The molecule has 3 aromatic rings. The quantitative estimate of drug-likeness (QED) is 0.392. The lowest BCUT2D eigenvalue weighted by Gasteiger charge is -2.30. The van der Waals surface area contributed by atoms with Gasteiger partial charge in [-0.3, -0.25) is 14.8 Å². The highest BCUT2D eigenvalue weighted by Crippen LogP contribution is 2.27. The van der Waals surface area contributed by atoms with Crippen LogP contribution < -0.4 is 5.48 Å². The minimum absolute atomic E-state index is 0.0349. The van der Waals surface area contributed by atoms with Gasteiger partial charge in [0.2, 0.25) is 0 Å². The molecule has 146 valence electrons. The molecule has 5 nitrogen and oxygen atoms in total. The predicted octanol–water partition coefficient (Wildman–Crippen LogP) is 3.99. The summed E-state index contributed by atoms with van der Waals surface area (Å²) in [5, 5.41) is 10.9. The first-order chi connectivity index (χ1) is 14.2. The molecule has 0 saturated heterocycles. The van der Waals surface area contributed by atoms with E-state index in [1.54, 1.807) is 28.9 Å². The Kier molecular flexibility index (Phi) is 5.55. The van der Waals surface area contributed by atoms with Crippen LogP contribution in [-0.2, 0) is 17.8 Å². The lowest BCUT2D eigenvalue weighted by atomic mass is 9.95. The maximum atomic E-state index is 13.5. The summed E-state index contributed by atoms with van der Waals surface area (Å²) in [6.07, 6.45) is 2.66. The molecule has 4 rings (SSSR count). The van der Waals surface area contributed by atoms with Crippen LogP contribution in [0.3, 0.4) is 0 Å². The van der Waals surface area contributed by atoms with Gasteiger partial charge in [-0.2, -0.15) is 0 Å². The van der Waals surface area contributed by atoms with Gasteiger partial charge < -0.3 is 4.90 Å². The van der Waals surface area contributed by atoms with Crippen molar-refractivity contribution in [3.05, 3.63) is 93.2 Å². The molecular weight excluding hydrogens is 384 g/mol. The van der Waals surface area contributed by atoms with E-state index in [1.807, 2.05) is 64.9 Å². The molecule has 0 saturated carbocycles. The van der Waals surface area contributed by atoms with Crippen molar-refractivity contribution >= 4 is 34.8 Å². The highest BCUT2D eigenvalue weighted by Gasteiger charge is 2.25. The smallest absolute Gasteiger partial charge is 0.274 e. The van der Waals surface area contributed by atoms with Crippen LogP contribution in [0.25, 0.3) is 11.6 Å². The van der Waals surface area contributed by atoms with Crippen LogP contribution in [0.4, 0.5) is 0 Å². The summed E-state index contributed by atoms with van der Waals surface area (Å²) >= 11 is 1.59. The molecule has 0 spiro atoms. The van der Waals surface area contributed by atoms with Crippen LogP contribution in [0.1, 0.15) is 31.9 Å². The normalized spacial score (nSPS) is 13.7. The number of nitrogens with one attached hydrogen (secondary N) is 1. The van der Waals surface area contributed by atoms with E-state index in [2.05, 4.69) is 0 Å². The predicted molar refractivity (Wildman–Crippen MR) is 113 cm³/mol. The summed E-state index contributed by atoms with van der Waals surface area (Å²) < 4.78 is 0. The SMILES string of the molecule is O=C(NO)c1ccc2c(c1)CN(C(=O)/C(=C\c1cccs1)c1ccccc1)CC2. The zero-order chi connectivity index (χ0) is 20.2. The van der Waals surface area contributed by atoms with Crippen molar-refractivity contribution in [1.82, 2.24) is 10.4 Å². The average molecular weight is 404 g/mol. The molecule has 0 unspecified atom stereocenters. The third-order valence-electron chi connectivity index (χ3n) is 5.01. The highest BCUT2D eigenvalue weighted by atomic mass is 32.1. The van der Waals surface area contributed by atoms with Crippen LogP contribution in [0.2, 0.25) is 0 Å². The summed E-state index contributed by atoms with van der Waals surface area (Å²) in [5.41, 5.74) is 5.61. The summed E-state index contributed by atoms with van der Waals surface area (Å²) in [6.45, 7) is 1.04. The highest BCUT2D eigenvalue weighted by molar-refractivity contribution is 7.11. The van der Waals surface area contributed by atoms with Crippen LogP contribution in [0.15, 0.2) is 66.0 Å². The maximum Gasteiger partial charge on any atom is 0.274 e. The van der Waals surface area contributed by atoms with E-state index in [4.69, 9.17) is 5.21 Å². The average Bonchev–Trinajstić information content (AvgIpc) is 3.29. The van der Waals surface area contributed by atoms with E-state index in [1.165, 1.54) is 0 Å². The number of hydrogen-bond acceptors (Lipinski definition) is 4. The number of thiophene rings is 1. The summed E-state index contributed by atoms with van der Waals surface area (Å²) in [7, 11) is 0. The molecule has 2 aromatic carbocycles. The first-order valence-electron chi connectivity index (χ1n) is 9.32. The molecule has 0 bridgehead atoms. The molecule has 2 heterocycles. The van der Waals surface area contributed by atoms with Crippen molar-refractivity contribution in [2.45, 2.75) is 13.0 Å². The molecule has 0 fully saturated rings. The Labute approximate surface area is 172 Å². The second-order valence-electron chi connectivity index (χ2n) is 6.84. The fraction of sp³-hybridized carbons (Fsp3) is 0.130. The van der Waals surface area contributed by atoms with Gasteiger partial charge in [0, 0.05) is 29.1 Å². The van der Waals surface area contributed by atoms with Crippen LogP contribution in [-0.4, -0.2) is 28.5 Å². The summed E-state index contributed by atoms with van der Waals surface area (Å²) in [5.74, 6) is -0.592. The number of benzene rings is 2. The van der Waals surface area contributed by atoms with Gasteiger partial charge >= 0.3 is 0 Å². The molecule has 0 atom stereocenters. The Balaban J connectivity index is 1.65. The number of fused-ring (bicyclic) bond motifs is 1. The molecule has 1 aliphatic heterocycles. The maximum absolute atomic E-state index is 13.5. The Bertz CT molecular complexity index is 1060. The van der Waals surface area contributed by atoms with Crippen molar-refractivity contribution in [1.29, 1.82) is 0 Å². The zero-order valence-electron chi connectivity index (χ0n) is 15.7. The second-order valence-corrected chi connectivity index (χ2v) is 7.82. The Morgan fingerprint density at radius 1 is 1.00 bits per heavy atom. The van der Waals surface area contributed by atoms with E-state index < -0.39 is 5.91 Å². The molecule has 1 aliphatic rings. The standard InChI is InChI=1S/C23H20N2O3S/c26-22(24-28)18-9-8-16-10-11-25(15-19(16)13-18)23(27)21(14-20-7-4-12-29-20)17-5-2-1-3-6-17/h1-9,12-14,28H,10-11,15H2,(H,24,26)/b21-14-. The first kappa shape index (κ1) is 19.1. The van der Waals surface area contributed by atoms with Crippen LogP contribution >= 0.6 is 11.3 Å². The molecule has 2 N–H and O–H groups in total. The van der Waals surface area contributed by atoms with Gasteiger partial charge in [0.25, 0.3) is 11.8 Å². The number of carbonyl (C=O) groups is 2. The van der Waals surface area contributed by atoms with Gasteiger partial charge in [-0.15, -0.1) is 11.3 Å². The lowest BCUT2D eigenvalue weighted by molar-refractivity contribution is -0.125. The topological polar surface area (TPSA) is 69.6 Å². The van der Waals surface area contributed by atoms with E-state index in [0.717, 1.165) is 28.0 Å². The van der Waals surface area contributed by atoms with Crippen molar-refractivity contribution in [2.24, 2.45) is 0 Å². The Morgan fingerprint density at radius 2 is 1.83 bits per heavy atom. The van der Waals surface area contributed by atoms with E-state index >= 15 is 0 Å². The van der Waals surface area contributed by atoms with E-state index in [9.17, 15) is 9.59 Å². The summed E-state index contributed by atoms with van der Waals surface area (Å²) in [6, 6.07) is 19.0. The van der Waals surface area contributed by atoms with Gasteiger partial charge in [-0.1, -0.05) is 42.5 Å². The number of hydroxylamine groups is 1. The third kappa shape index (κ3) is 4.13. The van der Waals surface area contributed by atoms with E-state index in [0.29, 0.717) is 24.2 Å². The van der Waals surface area contributed by atoms with E-state index in [-0.39, 0.29) is 5.91 Å². The van der Waals surface area contributed by atoms with Gasteiger partial charge in [0.15, 0.2) is 0 Å². The second kappa shape index (κ2) is 8.43. The fourth-order valence-electron chi connectivity index (χ4n) is 3.51. The number of amides is 2. The molecule has 6 heteroatoms. The van der Waals surface area contributed by atoms with Crippen molar-refractivity contribution in [3.8, 4) is 0 Å². The van der Waals surface area contributed by atoms with Crippen LogP contribution in [0, 0.1) is 0 Å². The Hall–Kier alpha value is -3.22. The zero-order valence-corrected chi connectivity index (χ0v) is 16.5.